The van der Waals surface area contributed by atoms with E-state index in [-0.39, 0.29) is 6.04 Å². The summed E-state index contributed by atoms with van der Waals surface area (Å²) >= 11 is 0. The average Bonchev–Trinajstić information content (AvgIpc) is 3.00. The van der Waals surface area contributed by atoms with Crippen LogP contribution in [0.4, 0.5) is 0 Å². The number of hydrogen-bond acceptors (Lipinski definition) is 3. The second-order valence-electron chi connectivity index (χ2n) is 6.09. The average molecular weight is 303 g/mol. The zero-order chi connectivity index (χ0) is 14.6. The highest BCUT2D eigenvalue weighted by molar-refractivity contribution is 7.86. The van der Waals surface area contributed by atoms with Crippen molar-refractivity contribution < 1.29 is 8.42 Å². The smallest absolute Gasteiger partial charge is 0.281 e. The Morgan fingerprint density at radius 1 is 1.15 bits per heavy atom. The van der Waals surface area contributed by atoms with Gasteiger partial charge in [-0.15, -0.1) is 0 Å². The van der Waals surface area contributed by atoms with Gasteiger partial charge in [-0.25, -0.2) is 0 Å². The lowest BCUT2D eigenvalue weighted by Gasteiger charge is -2.36. The van der Waals surface area contributed by atoms with Crippen molar-refractivity contribution >= 4 is 10.2 Å². The maximum atomic E-state index is 12.5. The van der Waals surface area contributed by atoms with Crippen LogP contribution in [0.25, 0.3) is 0 Å². The van der Waals surface area contributed by atoms with Crippen LogP contribution in [0.5, 0.6) is 0 Å². The molecule has 2 aliphatic rings. The molecule has 1 heterocycles. The van der Waals surface area contributed by atoms with Gasteiger partial charge in [-0.05, 0) is 51.5 Å². The Labute approximate surface area is 123 Å². The molecule has 20 heavy (non-hydrogen) atoms. The highest BCUT2D eigenvalue weighted by Crippen LogP contribution is 2.26. The molecule has 1 aliphatic heterocycles. The van der Waals surface area contributed by atoms with Gasteiger partial charge in [0.1, 0.15) is 0 Å². The van der Waals surface area contributed by atoms with Crippen LogP contribution in [0.1, 0.15) is 51.9 Å². The Hall–Kier alpha value is -0.170. The quantitative estimate of drug-likeness (QED) is 0.810. The minimum atomic E-state index is -3.23. The van der Waals surface area contributed by atoms with Crippen molar-refractivity contribution in [1.82, 2.24) is 13.9 Å². The summed E-state index contributed by atoms with van der Waals surface area (Å²) in [6.45, 7) is 4.63. The van der Waals surface area contributed by atoms with Crippen LogP contribution in [0.15, 0.2) is 0 Å². The third-order valence-electron chi connectivity index (χ3n) is 4.65. The van der Waals surface area contributed by atoms with Crippen molar-refractivity contribution in [3.63, 3.8) is 0 Å². The zero-order valence-corrected chi connectivity index (χ0v) is 13.7. The lowest BCUT2D eigenvalue weighted by atomic mass is 9.91. The van der Waals surface area contributed by atoms with Crippen molar-refractivity contribution in [2.75, 3.05) is 26.7 Å². The first-order valence-corrected chi connectivity index (χ1v) is 9.42. The van der Waals surface area contributed by atoms with E-state index in [1.54, 1.807) is 15.7 Å². The highest BCUT2D eigenvalue weighted by Gasteiger charge is 2.35. The molecule has 1 saturated carbocycles. The number of hydrogen-bond donors (Lipinski definition) is 1. The van der Waals surface area contributed by atoms with Crippen LogP contribution in [-0.4, -0.2) is 55.8 Å². The molecule has 6 heteroatoms. The fraction of sp³-hybridized carbons (Fsp3) is 1.00. The van der Waals surface area contributed by atoms with Crippen LogP contribution in [0, 0.1) is 0 Å². The molecule has 0 amide bonds. The predicted octanol–water partition coefficient (Wildman–Crippen LogP) is 1.57. The Balaban J connectivity index is 1.86. The van der Waals surface area contributed by atoms with Crippen molar-refractivity contribution in [3.05, 3.63) is 0 Å². The number of nitrogens with zero attached hydrogens (tertiary/aromatic N) is 2. The lowest BCUT2D eigenvalue weighted by molar-refractivity contribution is 0.239. The van der Waals surface area contributed by atoms with Crippen LogP contribution >= 0.6 is 0 Å². The van der Waals surface area contributed by atoms with Gasteiger partial charge in [-0.3, -0.25) is 0 Å². The number of rotatable bonds is 6. The minimum Gasteiger partial charge on any atom is -0.314 e. The van der Waals surface area contributed by atoms with E-state index in [9.17, 15) is 8.42 Å². The standard InChI is InChI=1S/C14H29N3O2S/c1-3-10-15-13-6-8-14(9-7-13)16(2)20(18,19)17-11-4-5-12-17/h13-15H,3-12H2,1-2H3. The summed E-state index contributed by atoms with van der Waals surface area (Å²) in [6, 6.07) is 0.759. The Morgan fingerprint density at radius 2 is 1.75 bits per heavy atom. The van der Waals surface area contributed by atoms with Gasteiger partial charge < -0.3 is 5.32 Å². The van der Waals surface area contributed by atoms with Gasteiger partial charge >= 0.3 is 0 Å². The van der Waals surface area contributed by atoms with Gasteiger partial charge in [0.25, 0.3) is 10.2 Å². The third-order valence-corrected chi connectivity index (χ3v) is 6.69. The summed E-state index contributed by atoms with van der Waals surface area (Å²) in [6.07, 6.45) is 7.29. The van der Waals surface area contributed by atoms with Gasteiger partial charge in [0.15, 0.2) is 0 Å². The molecule has 0 aromatic carbocycles. The fourth-order valence-corrected chi connectivity index (χ4v) is 4.95. The van der Waals surface area contributed by atoms with Gasteiger partial charge in [-0.2, -0.15) is 17.0 Å². The van der Waals surface area contributed by atoms with E-state index in [1.165, 1.54) is 0 Å². The van der Waals surface area contributed by atoms with Gasteiger partial charge in [0.05, 0.1) is 0 Å². The first kappa shape index (κ1) is 16.2. The normalized spacial score (nSPS) is 29.1. The summed E-state index contributed by atoms with van der Waals surface area (Å²) in [5.41, 5.74) is 0. The molecule has 0 spiro atoms. The highest BCUT2D eigenvalue weighted by atomic mass is 32.2. The van der Waals surface area contributed by atoms with Gasteiger partial charge in [0.2, 0.25) is 0 Å². The Morgan fingerprint density at radius 3 is 2.30 bits per heavy atom. The van der Waals surface area contributed by atoms with E-state index >= 15 is 0 Å². The first-order chi connectivity index (χ1) is 9.55. The van der Waals surface area contributed by atoms with Crippen LogP contribution in [-0.2, 0) is 10.2 Å². The molecule has 0 unspecified atom stereocenters. The van der Waals surface area contributed by atoms with Crippen molar-refractivity contribution in [2.45, 2.75) is 64.0 Å². The molecule has 1 saturated heterocycles. The maximum Gasteiger partial charge on any atom is 0.281 e. The SMILES string of the molecule is CCCNC1CCC(N(C)S(=O)(=O)N2CCCC2)CC1. The first-order valence-electron chi connectivity index (χ1n) is 8.02. The molecule has 2 rings (SSSR count). The Kier molecular flexibility index (Phi) is 5.84. The second kappa shape index (κ2) is 7.20. The fourth-order valence-electron chi connectivity index (χ4n) is 3.28. The molecular formula is C14H29N3O2S. The molecule has 0 bridgehead atoms. The van der Waals surface area contributed by atoms with Gasteiger partial charge in [0, 0.05) is 32.2 Å². The van der Waals surface area contributed by atoms with E-state index in [2.05, 4.69) is 12.2 Å². The van der Waals surface area contributed by atoms with Crippen molar-refractivity contribution in [2.24, 2.45) is 0 Å². The lowest BCUT2D eigenvalue weighted by Crippen LogP contribution is -2.48. The topological polar surface area (TPSA) is 52.7 Å². The van der Waals surface area contributed by atoms with E-state index in [0.29, 0.717) is 19.1 Å². The molecule has 1 N–H and O–H groups in total. The molecule has 0 atom stereocenters. The summed E-state index contributed by atoms with van der Waals surface area (Å²) in [5, 5.41) is 3.55. The van der Waals surface area contributed by atoms with E-state index in [0.717, 1.165) is 51.5 Å². The second-order valence-corrected chi connectivity index (χ2v) is 8.08. The zero-order valence-electron chi connectivity index (χ0n) is 12.8. The molecule has 0 aromatic heterocycles. The van der Waals surface area contributed by atoms with Crippen molar-refractivity contribution in [1.29, 1.82) is 0 Å². The summed E-state index contributed by atoms with van der Waals surface area (Å²) in [7, 11) is -1.46. The van der Waals surface area contributed by atoms with Crippen LogP contribution in [0.2, 0.25) is 0 Å². The van der Waals surface area contributed by atoms with Gasteiger partial charge in [-0.1, -0.05) is 6.92 Å². The number of nitrogens with one attached hydrogen (secondary N) is 1. The molecule has 5 nitrogen and oxygen atoms in total. The summed E-state index contributed by atoms with van der Waals surface area (Å²) < 4.78 is 28.3. The van der Waals surface area contributed by atoms with E-state index in [4.69, 9.17) is 0 Å². The third kappa shape index (κ3) is 3.72. The Bertz CT molecular complexity index is 385. The molecule has 1 aliphatic carbocycles. The largest absolute Gasteiger partial charge is 0.314 e. The molecular weight excluding hydrogens is 274 g/mol. The maximum absolute atomic E-state index is 12.5. The monoisotopic (exact) mass is 303 g/mol. The van der Waals surface area contributed by atoms with Crippen LogP contribution in [0.3, 0.4) is 0 Å². The van der Waals surface area contributed by atoms with Crippen molar-refractivity contribution in [3.8, 4) is 0 Å². The summed E-state index contributed by atoms with van der Waals surface area (Å²) in [5.74, 6) is 0. The molecule has 0 aromatic rings. The minimum absolute atomic E-state index is 0.181. The summed E-state index contributed by atoms with van der Waals surface area (Å²) in [4.78, 5) is 0. The molecule has 2 fully saturated rings. The van der Waals surface area contributed by atoms with E-state index < -0.39 is 10.2 Å². The van der Waals surface area contributed by atoms with E-state index in [1.807, 2.05) is 0 Å². The molecule has 118 valence electrons. The van der Waals surface area contributed by atoms with Crippen LogP contribution < -0.4 is 5.32 Å². The predicted molar refractivity (Wildman–Crippen MR) is 81.8 cm³/mol. The molecule has 0 radical (unpaired) electrons.